The van der Waals surface area contributed by atoms with Crippen molar-refractivity contribution in [1.29, 1.82) is 0 Å². The van der Waals surface area contributed by atoms with Crippen molar-refractivity contribution in [3.8, 4) is 0 Å². The van der Waals surface area contributed by atoms with Gasteiger partial charge in [-0.3, -0.25) is 4.79 Å². The van der Waals surface area contributed by atoms with Crippen LogP contribution in [-0.2, 0) is 4.79 Å². The molecule has 0 amide bonds. The topological polar surface area (TPSA) is 66.4 Å². The van der Waals surface area contributed by atoms with Gasteiger partial charge < -0.3 is 10.4 Å². The average molecular weight is 347 g/mol. The molecule has 0 aliphatic rings. The standard InChI is InChI=1S/C21H33NO3/c1-2-3-4-5-6-7-8-9-10-11-20(23)16-17-22-19-14-12-18(13-15-19)21(24)25/h12-15,22H,2-11,16-17H2,1H3,(H,24,25). The van der Waals surface area contributed by atoms with Crippen LogP contribution in [0.3, 0.4) is 0 Å². The molecule has 0 atom stereocenters. The largest absolute Gasteiger partial charge is 0.478 e. The number of carboxylic acids is 1. The normalized spacial score (nSPS) is 10.6. The predicted octanol–water partition coefficient (Wildman–Crippen LogP) is 5.68. The third-order valence-corrected chi connectivity index (χ3v) is 4.42. The van der Waals surface area contributed by atoms with E-state index in [1.165, 1.54) is 44.9 Å². The monoisotopic (exact) mass is 347 g/mol. The van der Waals surface area contributed by atoms with E-state index >= 15 is 0 Å². The fourth-order valence-corrected chi connectivity index (χ4v) is 2.83. The Morgan fingerprint density at radius 3 is 1.96 bits per heavy atom. The van der Waals surface area contributed by atoms with Gasteiger partial charge in [0.25, 0.3) is 0 Å². The van der Waals surface area contributed by atoms with E-state index in [-0.39, 0.29) is 5.56 Å². The molecule has 25 heavy (non-hydrogen) atoms. The van der Waals surface area contributed by atoms with Crippen LogP contribution >= 0.6 is 0 Å². The third-order valence-electron chi connectivity index (χ3n) is 4.42. The number of ketones is 1. The molecule has 0 radical (unpaired) electrons. The molecule has 0 saturated heterocycles. The molecule has 1 rings (SSSR count). The fourth-order valence-electron chi connectivity index (χ4n) is 2.83. The number of carboxylic acid groups (broad SMARTS) is 1. The van der Waals surface area contributed by atoms with E-state index in [9.17, 15) is 9.59 Å². The number of anilines is 1. The summed E-state index contributed by atoms with van der Waals surface area (Å²) >= 11 is 0. The SMILES string of the molecule is CCCCCCCCCCCC(=O)CCNc1ccc(C(=O)O)cc1. The van der Waals surface area contributed by atoms with Crippen LogP contribution in [0.5, 0.6) is 0 Å². The van der Waals surface area contributed by atoms with Crippen LogP contribution in [0.25, 0.3) is 0 Å². The third kappa shape index (κ3) is 10.6. The van der Waals surface area contributed by atoms with Crippen LogP contribution in [0.4, 0.5) is 5.69 Å². The zero-order valence-corrected chi connectivity index (χ0v) is 15.6. The Morgan fingerprint density at radius 1 is 0.840 bits per heavy atom. The Morgan fingerprint density at radius 2 is 1.40 bits per heavy atom. The first-order valence-electron chi connectivity index (χ1n) is 9.72. The van der Waals surface area contributed by atoms with Gasteiger partial charge in [-0.25, -0.2) is 4.79 Å². The summed E-state index contributed by atoms with van der Waals surface area (Å²) in [5.41, 5.74) is 1.12. The summed E-state index contributed by atoms with van der Waals surface area (Å²) < 4.78 is 0. The average Bonchev–Trinajstić information content (AvgIpc) is 2.61. The molecule has 2 N–H and O–H groups in total. The van der Waals surface area contributed by atoms with Crippen molar-refractivity contribution >= 4 is 17.4 Å². The molecule has 0 heterocycles. The number of hydrogen-bond acceptors (Lipinski definition) is 3. The van der Waals surface area contributed by atoms with Crippen molar-refractivity contribution in [2.45, 2.75) is 77.6 Å². The summed E-state index contributed by atoms with van der Waals surface area (Å²) in [5, 5.41) is 12.0. The van der Waals surface area contributed by atoms with Gasteiger partial charge in [-0.05, 0) is 30.7 Å². The maximum atomic E-state index is 11.9. The maximum absolute atomic E-state index is 11.9. The molecular formula is C21H33NO3. The van der Waals surface area contributed by atoms with Gasteiger partial charge in [0.05, 0.1) is 5.56 Å². The molecule has 0 bridgehead atoms. The van der Waals surface area contributed by atoms with Crippen molar-refractivity contribution in [2.24, 2.45) is 0 Å². The second-order valence-electron chi connectivity index (χ2n) is 6.68. The quantitative estimate of drug-likeness (QED) is 0.401. The number of rotatable bonds is 15. The molecule has 0 unspecified atom stereocenters. The Kier molecular flexibility index (Phi) is 11.4. The highest BCUT2D eigenvalue weighted by Crippen LogP contribution is 2.12. The lowest BCUT2D eigenvalue weighted by molar-refractivity contribution is -0.118. The van der Waals surface area contributed by atoms with Gasteiger partial charge in [0.2, 0.25) is 0 Å². The summed E-state index contributed by atoms with van der Waals surface area (Å²) in [4.78, 5) is 22.6. The van der Waals surface area contributed by atoms with E-state index < -0.39 is 5.97 Å². The smallest absolute Gasteiger partial charge is 0.335 e. The van der Waals surface area contributed by atoms with Gasteiger partial charge in [0.1, 0.15) is 5.78 Å². The second-order valence-corrected chi connectivity index (χ2v) is 6.68. The number of Topliss-reactive ketones (excluding diaryl/α,β-unsaturated/α-hetero) is 1. The Bertz CT molecular complexity index is 496. The van der Waals surface area contributed by atoms with Gasteiger partial charge in [-0.2, -0.15) is 0 Å². The van der Waals surface area contributed by atoms with E-state index in [2.05, 4.69) is 12.2 Å². The van der Waals surface area contributed by atoms with E-state index in [1.54, 1.807) is 24.3 Å². The lowest BCUT2D eigenvalue weighted by atomic mass is 10.0. The number of benzene rings is 1. The Hall–Kier alpha value is -1.84. The zero-order chi connectivity index (χ0) is 18.3. The first kappa shape index (κ1) is 21.2. The first-order valence-corrected chi connectivity index (χ1v) is 9.72. The molecule has 1 aromatic rings. The van der Waals surface area contributed by atoms with Gasteiger partial charge in [-0.1, -0.05) is 58.3 Å². The molecule has 140 valence electrons. The molecule has 0 aliphatic heterocycles. The summed E-state index contributed by atoms with van der Waals surface area (Å²) in [6, 6.07) is 6.59. The minimum absolute atomic E-state index is 0.270. The summed E-state index contributed by atoms with van der Waals surface area (Å²) in [6.07, 6.45) is 12.6. The molecule has 4 heteroatoms. The zero-order valence-electron chi connectivity index (χ0n) is 15.6. The highest BCUT2D eigenvalue weighted by Gasteiger charge is 2.04. The molecular weight excluding hydrogens is 314 g/mol. The Balaban J connectivity index is 1.99. The van der Waals surface area contributed by atoms with E-state index in [0.717, 1.165) is 18.5 Å². The van der Waals surface area contributed by atoms with Crippen molar-refractivity contribution < 1.29 is 14.7 Å². The number of unbranched alkanes of at least 4 members (excludes halogenated alkanes) is 8. The van der Waals surface area contributed by atoms with Crippen LogP contribution in [0.2, 0.25) is 0 Å². The van der Waals surface area contributed by atoms with Gasteiger partial charge in [0.15, 0.2) is 0 Å². The number of nitrogens with one attached hydrogen (secondary N) is 1. The minimum Gasteiger partial charge on any atom is -0.478 e. The molecule has 0 saturated carbocycles. The van der Waals surface area contributed by atoms with Gasteiger partial charge >= 0.3 is 5.97 Å². The van der Waals surface area contributed by atoms with E-state index in [0.29, 0.717) is 25.2 Å². The van der Waals surface area contributed by atoms with E-state index in [1.807, 2.05) is 0 Å². The number of carbonyl (C=O) groups excluding carboxylic acids is 1. The molecule has 4 nitrogen and oxygen atoms in total. The molecule has 0 aliphatic carbocycles. The van der Waals surface area contributed by atoms with Gasteiger partial charge in [-0.15, -0.1) is 0 Å². The van der Waals surface area contributed by atoms with Crippen molar-refractivity contribution in [1.82, 2.24) is 0 Å². The van der Waals surface area contributed by atoms with Crippen molar-refractivity contribution in [3.05, 3.63) is 29.8 Å². The number of hydrogen-bond donors (Lipinski definition) is 2. The molecule has 0 spiro atoms. The van der Waals surface area contributed by atoms with Crippen LogP contribution in [0.15, 0.2) is 24.3 Å². The van der Waals surface area contributed by atoms with Crippen LogP contribution in [0.1, 0.15) is 87.9 Å². The molecule has 1 aromatic carbocycles. The van der Waals surface area contributed by atoms with Gasteiger partial charge in [0, 0.05) is 25.1 Å². The maximum Gasteiger partial charge on any atom is 0.335 e. The predicted molar refractivity (Wildman–Crippen MR) is 103 cm³/mol. The summed E-state index contributed by atoms with van der Waals surface area (Å²) in [6.45, 7) is 2.84. The molecule has 0 fully saturated rings. The van der Waals surface area contributed by atoms with Crippen LogP contribution in [0, 0.1) is 0 Å². The van der Waals surface area contributed by atoms with Crippen molar-refractivity contribution in [2.75, 3.05) is 11.9 Å². The highest BCUT2D eigenvalue weighted by atomic mass is 16.4. The van der Waals surface area contributed by atoms with Crippen LogP contribution < -0.4 is 5.32 Å². The Labute approximate surface area is 152 Å². The minimum atomic E-state index is -0.928. The first-order chi connectivity index (χ1) is 12.1. The second kappa shape index (κ2) is 13.5. The summed E-state index contributed by atoms with van der Waals surface area (Å²) in [5.74, 6) is -0.625. The molecule has 0 aromatic heterocycles. The van der Waals surface area contributed by atoms with E-state index in [4.69, 9.17) is 5.11 Å². The summed E-state index contributed by atoms with van der Waals surface area (Å²) in [7, 11) is 0. The number of carbonyl (C=O) groups is 2. The lowest BCUT2D eigenvalue weighted by Crippen LogP contribution is -2.08. The highest BCUT2D eigenvalue weighted by molar-refractivity contribution is 5.88. The lowest BCUT2D eigenvalue weighted by Gasteiger charge is -2.06. The van der Waals surface area contributed by atoms with Crippen molar-refractivity contribution in [3.63, 3.8) is 0 Å². The number of aromatic carboxylic acids is 1. The fraction of sp³-hybridized carbons (Fsp3) is 0.619. The van der Waals surface area contributed by atoms with Crippen LogP contribution in [-0.4, -0.2) is 23.4 Å².